The van der Waals surface area contributed by atoms with Crippen LogP contribution in [0.4, 0.5) is 5.69 Å². The predicted octanol–water partition coefficient (Wildman–Crippen LogP) is 3.73. The monoisotopic (exact) mass is 371 g/mol. The lowest BCUT2D eigenvalue weighted by Gasteiger charge is -2.11. The van der Waals surface area contributed by atoms with Crippen LogP contribution in [-0.4, -0.2) is 15.4 Å². The number of aromatic nitrogens is 1. The summed E-state index contributed by atoms with van der Waals surface area (Å²) in [5.74, 6) is -0.318. The Labute approximate surface area is 134 Å². The number of hydrogen-bond acceptors (Lipinski definition) is 4. The van der Waals surface area contributed by atoms with E-state index in [2.05, 4.69) is 21.2 Å². The number of amides is 1. The second-order valence-corrected chi connectivity index (χ2v) is 6.67. The van der Waals surface area contributed by atoms with Crippen LogP contribution in [0.1, 0.15) is 35.3 Å². The van der Waals surface area contributed by atoms with Crippen molar-refractivity contribution in [3.63, 3.8) is 0 Å². The molecule has 8 heteroatoms. The molecule has 0 saturated heterocycles. The summed E-state index contributed by atoms with van der Waals surface area (Å²) < 4.78 is 2.58. The summed E-state index contributed by atoms with van der Waals surface area (Å²) in [4.78, 5) is 23.6. The molecule has 2 heterocycles. The largest absolute Gasteiger partial charge is 0.346 e. The Balaban J connectivity index is 2.16. The summed E-state index contributed by atoms with van der Waals surface area (Å²) in [6.07, 6.45) is 1.39. The number of carbonyl (C=O) groups is 1. The number of nitrogens with one attached hydrogen (secondary N) is 1. The smallest absolute Gasteiger partial charge is 0.287 e. The normalized spacial score (nSPS) is 10.9. The molecular weight excluding hydrogens is 358 g/mol. The Kier molecular flexibility index (Phi) is 4.79. The highest BCUT2D eigenvalue weighted by molar-refractivity contribution is 9.10. The van der Waals surface area contributed by atoms with E-state index in [4.69, 9.17) is 0 Å². The Morgan fingerprint density at radius 3 is 2.76 bits per heavy atom. The highest BCUT2D eigenvalue weighted by Crippen LogP contribution is 2.22. The van der Waals surface area contributed by atoms with Crippen LogP contribution in [0.15, 0.2) is 28.2 Å². The highest BCUT2D eigenvalue weighted by atomic mass is 79.9. The lowest BCUT2D eigenvalue weighted by Crippen LogP contribution is -2.25. The Hall–Kier alpha value is -1.67. The molecule has 21 heavy (non-hydrogen) atoms. The van der Waals surface area contributed by atoms with Crippen molar-refractivity contribution in [2.45, 2.75) is 26.4 Å². The van der Waals surface area contributed by atoms with Gasteiger partial charge in [-0.15, -0.1) is 11.3 Å². The molecule has 0 aliphatic carbocycles. The maximum Gasteiger partial charge on any atom is 0.287 e. The van der Waals surface area contributed by atoms with E-state index in [1.54, 1.807) is 4.57 Å². The molecule has 1 amide bonds. The van der Waals surface area contributed by atoms with E-state index in [1.807, 2.05) is 25.3 Å². The number of carbonyl (C=O) groups excluding carboxylic acids is 1. The molecule has 1 N–H and O–H groups in total. The highest BCUT2D eigenvalue weighted by Gasteiger charge is 2.20. The fourth-order valence-corrected chi connectivity index (χ4v) is 3.27. The van der Waals surface area contributed by atoms with Crippen LogP contribution < -0.4 is 5.32 Å². The minimum Gasteiger partial charge on any atom is -0.346 e. The SMILES string of the molecule is CC(C)n1cc([N+](=O)[O-])cc1C(=O)NCc1cc(Br)cs1. The van der Waals surface area contributed by atoms with Crippen molar-refractivity contribution in [2.75, 3.05) is 0 Å². The third-order valence-corrected chi connectivity index (χ3v) is 4.58. The quantitative estimate of drug-likeness (QED) is 0.642. The average Bonchev–Trinajstić information content (AvgIpc) is 3.02. The van der Waals surface area contributed by atoms with Crippen molar-refractivity contribution in [1.82, 2.24) is 9.88 Å². The van der Waals surface area contributed by atoms with E-state index in [-0.39, 0.29) is 17.6 Å². The van der Waals surface area contributed by atoms with Crippen molar-refractivity contribution < 1.29 is 9.72 Å². The molecule has 0 aliphatic rings. The zero-order valence-electron chi connectivity index (χ0n) is 11.5. The van der Waals surface area contributed by atoms with Gasteiger partial charge in [-0.05, 0) is 35.8 Å². The summed E-state index contributed by atoms with van der Waals surface area (Å²) in [5.41, 5.74) is 0.222. The Bertz CT molecular complexity index is 678. The van der Waals surface area contributed by atoms with Gasteiger partial charge in [-0.2, -0.15) is 0 Å². The van der Waals surface area contributed by atoms with E-state index in [0.29, 0.717) is 12.2 Å². The van der Waals surface area contributed by atoms with Gasteiger partial charge in [0.25, 0.3) is 11.6 Å². The summed E-state index contributed by atoms with van der Waals surface area (Å²) in [7, 11) is 0. The van der Waals surface area contributed by atoms with Gasteiger partial charge >= 0.3 is 0 Å². The van der Waals surface area contributed by atoms with Crippen LogP contribution in [0, 0.1) is 10.1 Å². The molecule has 0 saturated carbocycles. The zero-order valence-corrected chi connectivity index (χ0v) is 13.9. The minimum absolute atomic E-state index is 0.0321. The van der Waals surface area contributed by atoms with Crippen molar-refractivity contribution >= 4 is 38.9 Å². The summed E-state index contributed by atoms with van der Waals surface area (Å²) in [5, 5.41) is 15.6. The lowest BCUT2D eigenvalue weighted by molar-refractivity contribution is -0.384. The number of hydrogen-bond donors (Lipinski definition) is 1. The zero-order chi connectivity index (χ0) is 15.6. The summed E-state index contributed by atoms with van der Waals surface area (Å²) in [6, 6.07) is 3.20. The molecule has 0 atom stereocenters. The first-order chi connectivity index (χ1) is 9.88. The fraction of sp³-hybridized carbons (Fsp3) is 0.308. The van der Waals surface area contributed by atoms with Gasteiger partial charge in [0, 0.05) is 26.8 Å². The lowest BCUT2D eigenvalue weighted by atomic mass is 10.3. The third-order valence-electron chi connectivity index (χ3n) is 2.88. The predicted molar refractivity (Wildman–Crippen MR) is 84.7 cm³/mol. The van der Waals surface area contributed by atoms with Crippen molar-refractivity contribution in [2.24, 2.45) is 0 Å². The van der Waals surface area contributed by atoms with Crippen LogP contribution >= 0.6 is 27.3 Å². The van der Waals surface area contributed by atoms with Gasteiger partial charge in [-0.1, -0.05) is 0 Å². The molecule has 0 fully saturated rings. The van der Waals surface area contributed by atoms with Crippen LogP contribution in [0.5, 0.6) is 0 Å². The molecule has 0 radical (unpaired) electrons. The van der Waals surface area contributed by atoms with Crippen LogP contribution in [-0.2, 0) is 6.54 Å². The van der Waals surface area contributed by atoms with Gasteiger partial charge in [0.2, 0.25) is 0 Å². The van der Waals surface area contributed by atoms with E-state index >= 15 is 0 Å². The van der Waals surface area contributed by atoms with E-state index < -0.39 is 4.92 Å². The molecule has 0 spiro atoms. The number of nitrogens with zero attached hydrogens (tertiary/aromatic N) is 2. The van der Waals surface area contributed by atoms with Crippen LogP contribution in [0.25, 0.3) is 0 Å². The first-order valence-electron chi connectivity index (χ1n) is 6.26. The van der Waals surface area contributed by atoms with Crippen LogP contribution in [0.3, 0.4) is 0 Å². The van der Waals surface area contributed by atoms with Crippen molar-refractivity contribution in [3.8, 4) is 0 Å². The fourth-order valence-electron chi connectivity index (χ4n) is 1.88. The van der Waals surface area contributed by atoms with Gasteiger partial charge in [-0.25, -0.2) is 0 Å². The Morgan fingerprint density at radius 2 is 2.24 bits per heavy atom. The van der Waals surface area contributed by atoms with E-state index in [0.717, 1.165) is 9.35 Å². The molecule has 2 aromatic rings. The van der Waals surface area contributed by atoms with Gasteiger partial charge in [0.05, 0.1) is 17.7 Å². The topological polar surface area (TPSA) is 77.2 Å². The summed E-state index contributed by atoms with van der Waals surface area (Å²) >= 11 is 4.88. The molecule has 6 nitrogen and oxygen atoms in total. The average molecular weight is 372 g/mol. The number of halogens is 1. The second kappa shape index (κ2) is 6.40. The van der Waals surface area contributed by atoms with Crippen molar-refractivity contribution in [3.05, 3.63) is 48.9 Å². The van der Waals surface area contributed by atoms with E-state index in [9.17, 15) is 14.9 Å². The maximum atomic E-state index is 12.2. The maximum absolute atomic E-state index is 12.2. The molecule has 2 rings (SSSR count). The van der Waals surface area contributed by atoms with Crippen molar-refractivity contribution in [1.29, 1.82) is 0 Å². The van der Waals surface area contributed by atoms with Gasteiger partial charge in [0.15, 0.2) is 0 Å². The summed E-state index contributed by atoms with van der Waals surface area (Å²) in [6.45, 7) is 4.14. The molecule has 0 unspecified atom stereocenters. The Morgan fingerprint density at radius 1 is 1.52 bits per heavy atom. The molecule has 2 aromatic heterocycles. The molecule has 0 aromatic carbocycles. The standard InChI is InChI=1S/C13H14BrN3O3S/c1-8(2)16-6-10(17(19)20)4-12(16)13(18)15-5-11-3-9(14)7-21-11/h3-4,6-8H,5H2,1-2H3,(H,15,18). The van der Waals surface area contributed by atoms with Gasteiger partial charge < -0.3 is 9.88 Å². The van der Waals surface area contributed by atoms with Gasteiger partial charge in [-0.3, -0.25) is 14.9 Å². The first-order valence-corrected chi connectivity index (χ1v) is 7.93. The molecular formula is C13H14BrN3O3S. The second-order valence-electron chi connectivity index (χ2n) is 4.76. The molecule has 112 valence electrons. The minimum atomic E-state index is -0.494. The van der Waals surface area contributed by atoms with E-state index in [1.165, 1.54) is 23.6 Å². The van der Waals surface area contributed by atoms with Crippen LogP contribution in [0.2, 0.25) is 0 Å². The number of thiophene rings is 1. The van der Waals surface area contributed by atoms with Gasteiger partial charge in [0.1, 0.15) is 5.69 Å². The third kappa shape index (κ3) is 3.70. The molecule has 0 bridgehead atoms. The number of rotatable bonds is 5. The number of nitro groups is 1. The molecule has 0 aliphatic heterocycles. The first kappa shape index (κ1) is 15.7.